The largest absolute Gasteiger partial charge is 0.357 e. The number of rotatable bonds is 6. The fourth-order valence-electron chi connectivity index (χ4n) is 4.01. The minimum atomic E-state index is -1.05. The number of piperidine rings is 1. The number of nitrogens with one attached hydrogen (secondary N) is 3. The number of hydrogen-bond acceptors (Lipinski definition) is 3. The molecule has 1 aromatic heterocycles. The van der Waals surface area contributed by atoms with E-state index in [1.807, 2.05) is 18.2 Å². The molecule has 0 spiro atoms. The second kappa shape index (κ2) is 9.26. The molecule has 2 heterocycles. The summed E-state index contributed by atoms with van der Waals surface area (Å²) in [5, 5.41) is 6.18. The summed E-state index contributed by atoms with van der Waals surface area (Å²) in [6, 6.07) is 13.4. The van der Waals surface area contributed by atoms with E-state index >= 15 is 0 Å². The van der Waals surface area contributed by atoms with Crippen molar-refractivity contribution < 1.29 is 18.4 Å². The maximum atomic E-state index is 13.2. The Morgan fingerprint density at radius 1 is 1.03 bits per heavy atom. The molecule has 31 heavy (non-hydrogen) atoms. The third-order valence-electron chi connectivity index (χ3n) is 5.52. The fraction of sp³-hybridized carbons (Fsp3) is 0.304. The average molecular weight is 426 g/mol. The average Bonchev–Trinajstić information content (AvgIpc) is 3.19. The molecule has 1 aliphatic rings. The van der Waals surface area contributed by atoms with Crippen molar-refractivity contribution in [2.24, 2.45) is 0 Å². The Balaban J connectivity index is 1.33. The van der Waals surface area contributed by atoms with Crippen LogP contribution in [0, 0.1) is 11.6 Å². The van der Waals surface area contributed by atoms with Crippen LogP contribution in [-0.2, 0) is 9.59 Å². The van der Waals surface area contributed by atoms with Gasteiger partial charge >= 0.3 is 0 Å². The van der Waals surface area contributed by atoms with Crippen molar-refractivity contribution >= 4 is 28.4 Å². The molecule has 4 rings (SSSR count). The number of amides is 2. The van der Waals surface area contributed by atoms with E-state index < -0.39 is 17.5 Å². The number of likely N-dealkylation sites (tertiary alicyclic amines) is 1. The van der Waals surface area contributed by atoms with Gasteiger partial charge in [0.25, 0.3) is 0 Å². The lowest BCUT2D eigenvalue weighted by atomic mass is 9.99. The lowest BCUT2D eigenvalue weighted by Crippen LogP contribution is -2.43. The zero-order valence-electron chi connectivity index (χ0n) is 17.0. The van der Waals surface area contributed by atoms with Gasteiger partial charge in [0.1, 0.15) is 0 Å². The summed E-state index contributed by atoms with van der Waals surface area (Å²) >= 11 is 0. The number of carbonyl (C=O) groups is 2. The van der Waals surface area contributed by atoms with Crippen LogP contribution in [0.4, 0.5) is 14.5 Å². The summed E-state index contributed by atoms with van der Waals surface area (Å²) < 4.78 is 26.2. The monoisotopic (exact) mass is 426 g/mol. The highest BCUT2D eigenvalue weighted by atomic mass is 19.2. The summed E-state index contributed by atoms with van der Waals surface area (Å²) in [6.45, 7) is 0.732. The Hall–Kier alpha value is -3.26. The van der Waals surface area contributed by atoms with Gasteiger partial charge in [-0.2, -0.15) is 0 Å². The topological polar surface area (TPSA) is 77.2 Å². The lowest BCUT2D eigenvalue weighted by Gasteiger charge is -2.34. The van der Waals surface area contributed by atoms with Crippen LogP contribution >= 0.6 is 0 Å². The molecule has 0 bridgehead atoms. The molecular weight excluding hydrogens is 402 g/mol. The summed E-state index contributed by atoms with van der Waals surface area (Å²) in [5.74, 6) is -2.80. The normalized spacial score (nSPS) is 16.9. The van der Waals surface area contributed by atoms with Crippen molar-refractivity contribution in [3.63, 3.8) is 0 Å². The Labute approximate surface area is 178 Å². The maximum Gasteiger partial charge on any atom is 0.243 e. The van der Waals surface area contributed by atoms with Gasteiger partial charge in [0.2, 0.25) is 11.8 Å². The predicted molar refractivity (Wildman–Crippen MR) is 114 cm³/mol. The van der Waals surface area contributed by atoms with E-state index in [-0.39, 0.29) is 30.7 Å². The first-order valence-corrected chi connectivity index (χ1v) is 10.3. The van der Waals surface area contributed by atoms with Crippen LogP contribution in [0.15, 0.2) is 48.5 Å². The first-order valence-electron chi connectivity index (χ1n) is 10.3. The van der Waals surface area contributed by atoms with Crippen molar-refractivity contribution in [3.05, 3.63) is 65.9 Å². The summed E-state index contributed by atoms with van der Waals surface area (Å²) in [6.07, 6.45) is 3.06. The third-order valence-corrected chi connectivity index (χ3v) is 5.52. The van der Waals surface area contributed by atoms with Gasteiger partial charge in [0.15, 0.2) is 11.6 Å². The standard InChI is InChI=1S/C23H24F2N4O2/c24-17-9-8-16(12-18(17)25)27-22(30)13-26-23(31)14-29-10-4-3-7-21(29)20-11-15-5-1-2-6-19(15)28-20/h1-2,5-6,8-9,11-12,21,28H,3-4,7,10,13-14H2,(H,26,31)(H,27,30). The van der Waals surface area contributed by atoms with Crippen LogP contribution in [0.1, 0.15) is 31.0 Å². The second-order valence-corrected chi connectivity index (χ2v) is 7.75. The number of nitrogens with zero attached hydrogens (tertiary/aromatic N) is 1. The van der Waals surface area contributed by atoms with E-state index in [1.165, 1.54) is 6.07 Å². The highest BCUT2D eigenvalue weighted by Gasteiger charge is 2.27. The molecule has 3 aromatic rings. The molecule has 0 radical (unpaired) electrons. The molecule has 1 saturated heterocycles. The van der Waals surface area contributed by atoms with Gasteiger partial charge in [-0.1, -0.05) is 24.6 Å². The zero-order chi connectivity index (χ0) is 21.8. The predicted octanol–water partition coefficient (Wildman–Crippen LogP) is 3.73. The van der Waals surface area contributed by atoms with Gasteiger partial charge in [-0.15, -0.1) is 0 Å². The quantitative estimate of drug-likeness (QED) is 0.562. The number of aromatic nitrogens is 1. The van der Waals surface area contributed by atoms with Gasteiger partial charge in [0.05, 0.1) is 19.1 Å². The first kappa shape index (κ1) is 21.0. The molecule has 1 aliphatic heterocycles. The highest BCUT2D eigenvalue weighted by molar-refractivity contribution is 5.94. The smallest absolute Gasteiger partial charge is 0.243 e. The van der Waals surface area contributed by atoms with Crippen LogP contribution in [0.5, 0.6) is 0 Å². The summed E-state index contributed by atoms with van der Waals surface area (Å²) in [7, 11) is 0. The van der Waals surface area contributed by atoms with E-state index in [2.05, 4.69) is 32.7 Å². The zero-order valence-corrected chi connectivity index (χ0v) is 17.0. The number of hydrogen-bond donors (Lipinski definition) is 3. The van der Waals surface area contributed by atoms with E-state index in [9.17, 15) is 18.4 Å². The van der Waals surface area contributed by atoms with E-state index in [0.717, 1.165) is 54.5 Å². The number of H-pyrrole nitrogens is 1. The van der Waals surface area contributed by atoms with Crippen molar-refractivity contribution in [2.75, 3.05) is 25.0 Å². The molecule has 2 aromatic carbocycles. The fourth-order valence-corrected chi connectivity index (χ4v) is 4.01. The van der Waals surface area contributed by atoms with E-state index in [0.29, 0.717) is 0 Å². The Bertz CT molecular complexity index is 1070. The summed E-state index contributed by atoms with van der Waals surface area (Å²) in [4.78, 5) is 30.1. The van der Waals surface area contributed by atoms with Crippen molar-refractivity contribution in [1.29, 1.82) is 0 Å². The van der Waals surface area contributed by atoms with E-state index in [4.69, 9.17) is 0 Å². The molecule has 0 aliphatic carbocycles. The van der Waals surface area contributed by atoms with Crippen LogP contribution in [-0.4, -0.2) is 41.3 Å². The molecule has 0 saturated carbocycles. The Morgan fingerprint density at radius 3 is 2.68 bits per heavy atom. The minimum absolute atomic E-state index is 0.114. The Morgan fingerprint density at radius 2 is 1.87 bits per heavy atom. The van der Waals surface area contributed by atoms with Crippen LogP contribution < -0.4 is 10.6 Å². The van der Waals surface area contributed by atoms with Gasteiger partial charge in [0, 0.05) is 23.0 Å². The van der Waals surface area contributed by atoms with E-state index in [1.54, 1.807) is 0 Å². The Kier molecular flexibility index (Phi) is 6.27. The van der Waals surface area contributed by atoms with Crippen LogP contribution in [0.25, 0.3) is 10.9 Å². The lowest BCUT2D eigenvalue weighted by molar-refractivity contribution is -0.125. The number of benzene rings is 2. The number of aromatic amines is 1. The SMILES string of the molecule is O=C(CN1CCCCC1c1cc2ccccc2[nH]1)NCC(=O)Nc1ccc(F)c(F)c1. The minimum Gasteiger partial charge on any atom is -0.357 e. The van der Waals surface area contributed by atoms with Gasteiger partial charge in [-0.25, -0.2) is 8.78 Å². The second-order valence-electron chi connectivity index (χ2n) is 7.75. The van der Waals surface area contributed by atoms with Crippen LogP contribution in [0.2, 0.25) is 0 Å². The maximum absolute atomic E-state index is 13.2. The highest BCUT2D eigenvalue weighted by Crippen LogP contribution is 2.31. The molecule has 6 nitrogen and oxygen atoms in total. The van der Waals surface area contributed by atoms with Gasteiger partial charge in [-0.05, 0) is 49.0 Å². The number of carbonyl (C=O) groups excluding carboxylic acids is 2. The molecule has 1 unspecified atom stereocenters. The van der Waals surface area contributed by atoms with Crippen LogP contribution in [0.3, 0.4) is 0 Å². The van der Waals surface area contributed by atoms with Crippen molar-refractivity contribution in [3.8, 4) is 0 Å². The first-order chi connectivity index (χ1) is 15.0. The summed E-state index contributed by atoms with van der Waals surface area (Å²) in [5.41, 5.74) is 2.29. The third kappa shape index (κ3) is 5.08. The van der Waals surface area contributed by atoms with Gasteiger partial charge in [-0.3, -0.25) is 14.5 Å². The molecule has 1 fully saturated rings. The number of para-hydroxylation sites is 1. The van der Waals surface area contributed by atoms with Crippen molar-refractivity contribution in [1.82, 2.24) is 15.2 Å². The molecule has 162 valence electrons. The van der Waals surface area contributed by atoms with Gasteiger partial charge < -0.3 is 15.6 Å². The molecule has 2 amide bonds. The molecule has 1 atom stereocenters. The molecule has 3 N–H and O–H groups in total. The number of anilines is 1. The van der Waals surface area contributed by atoms with Crippen molar-refractivity contribution in [2.45, 2.75) is 25.3 Å². The number of halogens is 2. The molecule has 8 heteroatoms. The number of fused-ring (bicyclic) bond motifs is 1. The molecular formula is C23H24F2N4O2.